The topological polar surface area (TPSA) is 25.0 Å². The molecule has 0 fully saturated rings. The molecule has 0 aliphatic rings. The van der Waals surface area contributed by atoms with Crippen molar-refractivity contribution in [2.75, 3.05) is 0 Å². The van der Waals surface area contributed by atoms with Crippen LogP contribution in [0.5, 0.6) is 11.5 Å². The molecule has 1 aromatic heterocycles. The molecule has 0 unspecified atom stereocenters. The number of benzene rings is 2. The average Bonchev–Trinajstić information content (AvgIpc) is 2.75. The molecule has 96 valence electrons. The summed E-state index contributed by atoms with van der Waals surface area (Å²) < 4.78 is 8.95. The molecule has 0 amide bonds. The lowest BCUT2D eigenvalue weighted by molar-refractivity contribution is 0.488. The summed E-state index contributed by atoms with van der Waals surface area (Å²) in [5.41, 5.74) is 1.02. The van der Waals surface area contributed by atoms with Gasteiger partial charge in [0.2, 0.25) is 0 Å². The minimum Gasteiger partial charge on any atom is -0.455 e. The van der Waals surface area contributed by atoms with Crippen LogP contribution in [-0.4, -0.2) is 4.98 Å². The van der Waals surface area contributed by atoms with E-state index < -0.39 is 0 Å². The first-order valence-corrected chi connectivity index (χ1v) is 7.91. The Morgan fingerprint density at radius 1 is 0.895 bits per heavy atom. The van der Waals surface area contributed by atoms with Gasteiger partial charge in [0.1, 0.15) is 5.75 Å². The molecule has 0 atom stereocenters. The lowest BCUT2D eigenvalue weighted by Crippen LogP contribution is -1.82. The molecule has 19 heavy (non-hydrogen) atoms. The molecule has 3 aromatic rings. The molecular formula is C14H8Br3NO. The predicted molar refractivity (Wildman–Crippen MR) is 87.9 cm³/mol. The maximum Gasteiger partial charge on any atom is 0.153 e. The molecule has 2 aromatic carbocycles. The second-order valence-electron chi connectivity index (χ2n) is 4.02. The summed E-state index contributed by atoms with van der Waals surface area (Å²) in [5, 5.41) is 1.03. The second-order valence-corrected chi connectivity index (χ2v) is 6.70. The molecule has 2 nitrogen and oxygen atoms in total. The van der Waals surface area contributed by atoms with Crippen LogP contribution in [-0.2, 0) is 0 Å². The van der Waals surface area contributed by atoms with Crippen LogP contribution in [0.3, 0.4) is 0 Å². The lowest BCUT2D eigenvalue weighted by atomic mass is 10.2. The van der Waals surface area contributed by atoms with E-state index in [-0.39, 0.29) is 0 Å². The monoisotopic (exact) mass is 443 g/mol. The van der Waals surface area contributed by atoms with Crippen molar-refractivity contribution in [1.29, 1.82) is 0 Å². The molecular weight excluding hydrogens is 438 g/mol. The van der Waals surface area contributed by atoms with Gasteiger partial charge in [-0.05, 0) is 52.3 Å². The van der Waals surface area contributed by atoms with Crippen LogP contribution in [0, 0.1) is 0 Å². The fraction of sp³-hybridized carbons (Fsp3) is 0. The van der Waals surface area contributed by atoms with E-state index in [0.29, 0.717) is 0 Å². The van der Waals surface area contributed by atoms with Crippen molar-refractivity contribution in [2.24, 2.45) is 0 Å². The van der Waals surface area contributed by atoms with Gasteiger partial charge in [-0.2, -0.15) is 0 Å². The van der Waals surface area contributed by atoms with Crippen molar-refractivity contribution in [3.63, 3.8) is 0 Å². The smallest absolute Gasteiger partial charge is 0.153 e. The van der Waals surface area contributed by atoms with Crippen LogP contribution in [0.1, 0.15) is 0 Å². The highest BCUT2D eigenvalue weighted by Gasteiger charge is 2.10. The first kappa shape index (κ1) is 13.2. The lowest BCUT2D eigenvalue weighted by Gasteiger charge is -2.05. The average molecular weight is 446 g/mol. The van der Waals surface area contributed by atoms with Crippen LogP contribution in [0.25, 0.3) is 10.9 Å². The number of aromatic nitrogens is 1. The van der Waals surface area contributed by atoms with E-state index in [1.807, 2.05) is 42.6 Å². The van der Waals surface area contributed by atoms with Crippen LogP contribution in [0.15, 0.2) is 56.0 Å². The van der Waals surface area contributed by atoms with Gasteiger partial charge in [0.05, 0.1) is 10.9 Å². The predicted octanol–water partition coefficient (Wildman–Crippen LogP) is 6.25. The summed E-state index contributed by atoms with van der Waals surface area (Å²) in [6.45, 7) is 0. The zero-order chi connectivity index (χ0) is 13.4. The second kappa shape index (κ2) is 5.31. The van der Waals surface area contributed by atoms with Crippen molar-refractivity contribution in [3.8, 4) is 11.5 Å². The molecule has 5 heteroatoms. The van der Waals surface area contributed by atoms with Crippen molar-refractivity contribution < 1.29 is 4.74 Å². The quantitative estimate of drug-likeness (QED) is 0.495. The molecule has 0 saturated carbocycles. The van der Waals surface area contributed by atoms with Crippen molar-refractivity contribution in [3.05, 3.63) is 56.0 Å². The first-order chi connectivity index (χ1) is 9.13. The van der Waals surface area contributed by atoms with Crippen LogP contribution in [0.4, 0.5) is 0 Å². The highest BCUT2D eigenvalue weighted by Crippen LogP contribution is 2.37. The van der Waals surface area contributed by atoms with E-state index in [1.54, 1.807) is 0 Å². The number of halogens is 3. The van der Waals surface area contributed by atoms with Crippen molar-refractivity contribution in [1.82, 2.24) is 4.98 Å². The number of fused-ring (bicyclic) bond motifs is 1. The molecule has 3 rings (SSSR count). The Morgan fingerprint density at radius 3 is 2.37 bits per heavy atom. The summed E-state index contributed by atoms with van der Waals surface area (Å²) >= 11 is 10.4. The third-order valence-corrected chi connectivity index (χ3v) is 4.31. The Kier molecular flexibility index (Phi) is 3.69. The number of H-pyrrole nitrogens is 1. The number of nitrogens with one attached hydrogen (secondary N) is 1. The maximum atomic E-state index is 5.91. The van der Waals surface area contributed by atoms with Crippen molar-refractivity contribution in [2.45, 2.75) is 0 Å². The van der Waals surface area contributed by atoms with Crippen LogP contribution >= 0.6 is 47.8 Å². The molecule has 0 aliphatic carbocycles. The Hall–Kier alpha value is -0.780. The molecule has 0 spiro atoms. The highest BCUT2D eigenvalue weighted by molar-refractivity contribution is 9.11. The van der Waals surface area contributed by atoms with E-state index in [1.165, 1.54) is 0 Å². The Balaban J connectivity index is 2.04. The van der Waals surface area contributed by atoms with E-state index in [9.17, 15) is 0 Å². The van der Waals surface area contributed by atoms with Gasteiger partial charge < -0.3 is 9.72 Å². The number of ether oxygens (including phenoxy) is 1. The summed E-state index contributed by atoms with van der Waals surface area (Å²) in [5.74, 6) is 1.61. The van der Waals surface area contributed by atoms with Gasteiger partial charge in [0, 0.05) is 19.6 Å². The van der Waals surface area contributed by atoms with E-state index in [0.717, 1.165) is 35.8 Å². The largest absolute Gasteiger partial charge is 0.455 e. The number of aromatic amines is 1. The van der Waals surface area contributed by atoms with Gasteiger partial charge in [-0.15, -0.1) is 0 Å². The summed E-state index contributed by atoms with van der Waals surface area (Å²) in [4.78, 5) is 3.21. The summed E-state index contributed by atoms with van der Waals surface area (Å²) in [6.07, 6.45) is 1.86. The van der Waals surface area contributed by atoms with Gasteiger partial charge in [0.25, 0.3) is 0 Å². The van der Waals surface area contributed by atoms with Gasteiger partial charge in [-0.1, -0.05) is 31.9 Å². The molecule has 0 radical (unpaired) electrons. The Labute approximate surface area is 135 Å². The molecule has 0 bridgehead atoms. The molecule has 0 aliphatic heterocycles. The van der Waals surface area contributed by atoms with E-state index in [2.05, 4.69) is 52.8 Å². The number of hydrogen-bond acceptors (Lipinski definition) is 1. The molecule has 1 N–H and O–H groups in total. The van der Waals surface area contributed by atoms with Crippen LogP contribution < -0.4 is 4.74 Å². The minimum atomic E-state index is 0.802. The SMILES string of the molecule is Brc1ccc(Oc2c[nH]c3cc(Br)cc(Br)c23)cc1. The van der Waals surface area contributed by atoms with E-state index in [4.69, 9.17) is 4.74 Å². The maximum absolute atomic E-state index is 5.91. The van der Waals surface area contributed by atoms with Crippen molar-refractivity contribution >= 4 is 58.7 Å². The fourth-order valence-electron chi connectivity index (χ4n) is 1.86. The van der Waals surface area contributed by atoms with Gasteiger partial charge in [-0.25, -0.2) is 0 Å². The normalized spacial score (nSPS) is 10.9. The first-order valence-electron chi connectivity index (χ1n) is 5.53. The third kappa shape index (κ3) is 2.73. The van der Waals surface area contributed by atoms with Gasteiger partial charge >= 0.3 is 0 Å². The minimum absolute atomic E-state index is 0.802. The summed E-state index contributed by atoms with van der Waals surface area (Å²) in [7, 11) is 0. The van der Waals surface area contributed by atoms with E-state index >= 15 is 0 Å². The van der Waals surface area contributed by atoms with Gasteiger partial charge in [0.15, 0.2) is 5.75 Å². The molecule has 0 saturated heterocycles. The van der Waals surface area contributed by atoms with Gasteiger partial charge in [-0.3, -0.25) is 0 Å². The summed E-state index contributed by atoms with van der Waals surface area (Å²) in [6, 6.07) is 11.8. The third-order valence-electron chi connectivity index (χ3n) is 2.70. The Bertz CT molecular complexity index is 734. The van der Waals surface area contributed by atoms with Crippen LogP contribution in [0.2, 0.25) is 0 Å². The fourth-order valence-corrected chi connectivity index (χ4v) is 3.55. The number of hydrogen-bond donors (Lipinski definition) is 1. The Morgan fingerprint density at radius 2 is 1.63 bits per heavy atom. The highest BCUT2D eigenvalue weighted by atomic mass is 79.9. The number of rotatable bonds is 2. The zero-order valence-electron chi connectivity index (χ0n) is 9.58. The standard InChI is InChI=1S/C14H8Br3NO/c15-8-1-3-10(4-2-8)19-13-7-18-12-6-9(16)5-11(17)14(12)13/h1-7,18H. The molecule has 1 heterocycles. The zero-order valence-corrected chi connectivity index (χ0v) is 14.3.